The van der Waals surface area contributed by atoms with Gasteiger partial charge in [0.15, 0.2) is 0 Å². The van der Waals surface area contributed by atoms with Crippen molar-refractivity contribution in [1.29, 1.82) is 5.26 Å². The molecule has 1 N–H and O–H groups in total. The highest BCUT2D eigenvalue weighted by molar-refractivity contribution is 5.87. The van der Waals surface area contributed by atoms with E-state index in [2.05, 4.69) is 6.07 Å². The largest absolute Gasteiger partial charge is 0.478 e. The molecule has 1 rings (SSSR count). The first-order chi connectivity index (χ1) is 7.54. The van der Waals surface area contributed by atoms with Crippen LogP contribution >= 0.6 is 0 Å². The van der Waals surface area contributed by atoms with Crippen molar-refractivity contribution in [3.63, 3.8) is 0 Å². The topological polar surface area (TPSA) is 64.3 Å². The molecule has 1 unspecified atom stereocenters. The molecule has 0 spiro atoms. The summed E-state index contributed by atoms with van der Waals surface area (Å²) >= 11 is 0. The van der Waals surface area contributed by atoms with E-state index in [1.807, 2.05) is 18.9 Å². The van der Waals surface area contributed by atoms with Gasteiger partial charge in [0.1, 0.15) is 0 Å². The summed E-state index contributed by atoms with van der Waals surface area (Å²) in [6.45, 7) is 2.46. The van der Waals surface area contributed by atoms with Crippen LogP contribution in [0.1, 0.15) is 22.8 Å². The predicted octanol–water partition coefficient (Wildman–Crippen LogP) is 1.73. The van der Waals surface area contributed by atoms with Gasteiger partial charge in [-0.2, -0.15) is 5.26 Å². The molecule has 0 aliphatic rings. The molecule has 4 heteroatoms. The molecule has 0 fully saturated rings. The smallest absolute Gasteiger partial charge is 0.335 e. The Morgan fingerprint density at radius 3 is 2.50 bits per heavy atom. The molecule has 0 amide bonds. The molecule has 0 aliphatic heterocycles. The van der Waals surface area contributed by atoms with Gasteiger partial charge in [0, 0.05) is 6.54 Å². The lowest BCUT2D eigenvalue weighted by Gasteiger charge is -2.18. The van der Waals surface area contributed by atoms with E-state index in [4.69, 9.17) is 10.4 Å². The summed E-state index contributed by atoms with van der Waals surface area (Å²) in [4.78, 5) is 12.5. The average Bonchev–Trinajstić information content (AvgIpc) is 2.28. The van der Waals surface area contributed by atoms with Crippen molar-refractivity contribution in [2.45, 2.75) is 19.5 Å². The molecule has 1 atom stereocenters. The Bertz CT molecular complexity index is 406. The lowest BCUT2D eigenvalue weighted by Crippen LogP contribution is -2.26. The highest BCUT2D eigenvalue weighted by Gasteiger charge is 2.08. The number of hydrogen-bond donors (Lipinski definition) is 1. The Hall–Kier alpha value is -1.86. The zero-order valence-electron chi connectivity index (χ0n) is 9.34. The molecule has 4 nitrogen and oxygen atoms in total. The van der Waals surface area contributed by atoms with Crippen LogP contribution < -0.4 is 0 Å². The fraction of sp³-hybridized carbons (Fsp3) is 0.333. The Morgan fingerprint density at radius 2 is 2.06 bits per heavy atom. The molecule has 16 heavy (non-hydrogen) atoms. The normalized spacial score (nSPS) is 12.1. The second-order valence-electron chi connectivity index (χ2n) is 3.72. The minimum absolute atomic E-state index is 0.154. The highest BCUT2D eigenvalue weighted by atomic mass is 16.4. The maximum absolute atomic E-state index is 10.6. The third-order valence-corrected chi connectivity index (χ3v) is 2.48. The van der Waals surface area contributed by atoms with Crippen molar-refractivity contribution < 1.29 is 9.90 Å². The molecule has 0 saturated heterocycles. The van der Waals surface area contributed by atoms with Crippen LogP contribution in [0.15, 0.2) is 24.3 Å². The number of nitriles is 1. The number of nitrogens with zero attached hydrogens (tertiary/aromatic N) is 2. The Labute approximate surface area is 94.7 Å². The summed E-state index contributed by atoms with van der Waals surface area (Å²) in [5.74, 6) is -0.926. The van der Waals surface area contributed by atoms with Crippen molar-refractivity contribution in [1.82, 2.24) is 4.90 Å². The third-order valence-electron chi connectivity index (χ3n) is 2.48. The Balaban J connectivity index is 2.69. The van der Waals surface area contributed by atoms with Crippen molar-refractivity contribution >= 4 is 5.97 Å². The average molecular weight is 218 g/mol. The molecule has 0 aromatic heterocycles. The molecule has 1 aromatic carbocycles. The summed E-state index contributed by atoms with van der Waals surface area (Å²) in [5.41, 5.74) is 1.27. The van der Waals surface area contributed by atoms with E-state index < -0.39 is 5.97 Å². The summed E-state index contributed by atoms with van der Waals surface area (Å²) in [6, 6.07) is 8.67. The Morgan fingerprint density at radius 1 is 1.50 bits per heavy atom. The number of carbonyl (C=O) groups is 1. The quantitative estimate of drug-likeness (QED) is 0.835. The van der Waals surface area contributed by atoms with E-state index in [9.17, 15) is 4.79 Å². The van der Waals surface area contributed by atoms with Crippen molar-refractivity contribution in [3.8, 4) is 6.07 Å². The minimum atomic E-state index is -0.926. The lowest BCUT2D eigenvalue weighted by molar-refractivity contribution is 0.0697. The van der Waals surface area contributed by atoms with Crippen molar-refractivity contribution in [3.05, 3.63) is 35.4 Å². The van der Waals surface area contributed by atoms with E-state index in [0.29, 0.717) is 6.54 Å². The number of carboxylic acid groups (broad SMARTS) is 1. The van der Waals surface area contributed by atoms with E-state index in [1.54, 1.807) is 24.3 Å². The molecule has 0 saturated carbocycles. The van der Waals surface area contributed by atoms with E-state index in [0.717, 1.165) is 5.56 Å². The number of benzene rings is 1. The Kier molecular flexibility index (Phi) is 4.03. The second kappa shape index (κ2) is 5.29. The van der Waals surface area contributed by atoms with Crippen LogP contribution in [0, 0.1) is 11.3 Å². The first-order valence-electron chi connectivity index (χ1n) is 4.96. The van der Waals surface area contributed by atoms with Crippen LogP contribution in [0.4, 0.5) is 0 Å². The first kappa shape index (κ1) is 12.2. The second-order valence-corrected chi connectivity index (χ2v) is 3.72. The summed E-state index contributed by atoms with van der Waals surface area (Å²) in [5, 5.41) is 17.5. The lowest BCUT2D eigenvalue weighted by atomic mass is 10.1. The molecular formula is C12H14N2O2. The summed E-state index contributed by atoms with van der Waals surface area (Å²) in [7, 11) is 1.86. The van der Waals surface area contributed by atoms with Gasteiger partial charge in [-0.15, -0.1) is 0 Å². The fourth-order valence-corrected chi connectivity index (χ4v) is 1.28. The molecule has 0 radical (unpaired) electrons. The summed E-state index contributed by atoms with van der Waals surface area (Å²) < 4.78 is 0. The number of rotatable bonds is 4. The molecule has 0 bridgehead atoms. The maximum atomic E-state index is 10.6. The van der Waals surface area contributed by atoms with Crippen LogP contribution in [-0.2, 0) is 6.54 Å². The highest BCUT2D eigenvalue weighted by Crippen LogP contribution is 2.08. The first-order valence-corrected chi connectivity index (χ1v) is 4.96. The van der Waals surface area contributed by atoms with Crippen LogP contribution in [0.25, 0.3) is 0 Å². The van der Waals surface area contributed by atoms with Gasteiger partial charge in [-0.25, -0.2) is 4.79 Å². The third kappa shape index (κ3) is 3.07. The van der Waals surface area contributed by atoms with Gasteiger partial charge in [0.2, 0.25) is 0 Å². The molecule has 1 aromatic rings. The molecule has 84 valence electrons. The standard InChI is InChI=1S/C12H14N2O2/c1-9(7-13)14(2)8-10-3-5-11(6-4-10)12(15)16/h3-6,9H,8H2,1-2H3,(H,15,16). The van der Waals surface area contributed by atoms with Gasteiger partial charge in [0.05, 0.1) is 17.7 Å². The van der Waals surface area contributed by atoms with Crippen LogP contribution in [-0.4, -0.2) is 29.1 Å². The number of hydrogen-bond acceptors (Lipinski definition) is 3. The number of carboxylic acids is 1. The van der Waals surface area contributed by atoms with Crippen molar-refractivity contribution in [2.75, 3.05) is 7.05 Å². The predicted molar refractivity (Wildman–Crippen MR) is 59.9 cm³/mol. The fourth-order valence-electron chi connectivity index (χ4n) is 1.28. The van der Waals surface area contributed by atoms with Crippen molar-refractivity contribution in [2.24, 2.45) is 0 Å². The van der Waals surface area contributed by atoms with E-state index in [1.165, 1.54) is 0 Å². The van der Waals surface area contributed by atoms with E-state index >= 15 is 0 Å². The SMILES string of the molecule is CC(C#N)N(C)Cc1ccc(C(=O)O)cc1. The van der Waals surface area contributed by atoms with Gasteiger partial charge < -0.3 is 5.11 Å². The monoisotopic (exact) mass is 218 g/mol. The molecule has 0 aliphatic carbocycles. The van der Waals surface area contributed by atoms with Crippen LogP contribution in [0.2, 0.25) is 0 Å². The number of aromatic carboxylic acids is 1. The van der Waals surface area contributed by atoms with Gasteiger partial charge >= 0.3 is 5.97 Å². The zero-order valence-corrected chi connectivity index (χ0v) is 9.34. The minimum Gasteiger partial charge on any atom is -0.478 e. The van der Waals surface area contributed by atoms with Crippen LogP contribution in [0.3, 0.4) is 0 Å². The maximum Gasteiger partial charge on any atom is 0.335 e. The van der Waals surface area contributed by atoms with E-state index in [-0.39, 0.29) is 11.6 Å². The molecular weight excluding hydrogens is 204 g/mol. The van der Waals surface area contributed by atoms with Gasteiger partial charge in [-0.3, -0.25) is 4.90 Å². The molecule has 0 heterocycles. The zero-order chi connectivity index (χ0) is 12.1. The van der Waals surface area contributed by atoms with Gasteiger partial charge in [-0.1, -0.05) is 12.1 Å². The van der Waals surface area contributed by atoms with Crippen LogP contribution in [0.5, 0.6) is 0 Å². The summed E-state index contributed by atoms with van der Waals surface area (Å²) in [6.07, 6.45) is 0. The van der Waals surface area contributed by atoms with Gasteiger partial charge in [-0.05, 0) is 31.7 Å². The van der Waals surface area contributed by atoms with Gasteiger partial charge in [0.25, 0.3) is 0 Å².